The van der Waals surface area contributed by atoms with Gasteiger partial charge in [-0.25, -0.2) is 0 Å². The van der Waals surface area contributed by atoms with Gasteiger partial charge in [0.05, 0.1) is 11.0 Å². The molecule has 3 amide bonds. The molecule has 0 spiro atoms. The molecule has 7 rings (SSSR count). The van der Waals surface area contributed by atoms with Crippen molar-refractivity contribution < 1.29 is 14.4 Å². The van der Waals surface area contributed by atoms with E-state index in [1.165, 1.54) is 19.3 Å². The van der Waals surface area contributed by atoms with Crippen molar-refractivity contribution in [1.82, 2.24) is 20.1 Å². The van der Waals surface area contributed by atoms with E-state index in [1.807, 2.05) is 9.80 Å². The lowest BCUT2D eigenvalue weighted by molar-refractivity contribution is -0.162. The van der Waals surface area contributed by atoms with E-state index in [9.17, 15) is 14.4 Å². The Morgan fingerprint density at radius 2 is 1.62 bits per heavy atom. The van der Waals surface area contributed by atoms with E-state index in [2.05, 4.69) is 10.3 Å². The Labute approximate surface area is 201 Å². The molecule has 1 aromatic heterocycles. The van der Waals surface area contributed by atoms with Crippen molar-refractivity contribution in [3.63, 3.8) is 0 Å². The van der Waals surface area contributed by atoms with E-state index in [0.717, 1.165) is 69.2 Å². The fraction of sp³-hybridized carbons (Fsp3) is 0.704. The number of aromatic nitrogens is 1. The van der Waals surface area contributed by atoms with Crippen LogP contribution in [0, 0.1) is 23.2 Å². The van der Waals surface area contributed by atoms with Crippen LogP contribution in [0.2, 0.25) is 0 Å². The van der Waals surface area contributed by atoms with Gasteiger partial charge in [-0.3, -0.25) is 19.4 Å². The topological polar surface area (TPSA) is 82.6 Å². The van der Waals surface area contributed by atoms with E-state index < -0.39 is 0 Å². The van der Waals surface area contributed by atoms with Crippen LogP contribution in [0.3, 0.4) is 0 Å². The number of piperidine rings is 1. The largest absolute Gasteiger partial charge is 0.349 e. The highest BCUT2D eigenvalue weighted by Crippen LogP contribution is 2.60. The summed E-state index contributed by atoms with van der Waals surface area (Å²) in [4.78, 5) is 47.8. The first-order valence-corrected chi connectivity index (χ1v) is 13.3. The standard InChI is InChI=1S/C27H36N4O3/c32-24(21-3-1-7-28-17-21)29-22-5-9-30(10-6-22)25(33)23-4-2-8-31(23)26(34)27-14-18-11-19(15-27)13-20(12-18)16-27/h1,3,7,17-20,22-23H,2,4-6,8-16H2,(H,29,32). The van der Waals surface area contributed by atoms with Crippen molar-refractivity contribution in [2.75, 3.05) is 19.6 Å². The van der Waals surface area contributed by atoms with Gasteiger partial charge in [0, 0.05) is 38.1 Å². The van der Waals surface area contributed by atoms with Crippen LogP contribution in [-0.2, 0) is 9.59 Å². The second kappa shape index (κ2) is 8.65. The van der Waals surface area contributed by atoms with Gasteiger partial charge in [0.1, 0.15) is 6.04 Å². The van der Waals surface area contributed by atoms with Crippen LogP contribution in [0.5, 0.6) is 0 Å². The van der Waals surface area contributed by atoms with Gasteiger partial charge in [-0.15, -0.1) is 0 Å². The van der Waals surface area contributed by atoms with Gasteiger partial charge in [0.2, 0.25) is 11.8 Å². The Morgan fingerprint density at radius 1 is 0.941 bits per heavy atom. The average Bonchev–Trinajstić information content (AvgIpc) is 3.33. The molecule has 2 saturated heterocycles. The van der Waals surface area contributed by atoms with Crippen LogP contribution in [0.25, 0.3) is 0 Å². The zero-order valence-corrected chi connectivity index (χ0v) is 20.0. The highest BCUT2D eigenvalue weighted by molar-refractivity contribution is 5.94. The van der Waals surface area contributed by atoms with Gasteiger partial charge in [0.15, 0.2) is 0 Å². The van der Waals surface area contributed by atoms with Gasteiger partial charge in [-0.1, -0.05) is 0 Å². The minimum atomic E-state index is -0.290. The second-order valence-corrected chi connectivity index (χ2v) is 11.7. The van der Waals surface area contributed by atoms with Crippen LogP contribution in [0.4, 0.5) is 0 Å². The minimum Gasteiger partial charge on any atom is -0.349 e. The van der Waals surface area contributed by atoms with Gasteiger partial charge < -0.3 is 15.1 Å². The number of likely N-dealkylation sites (tertiary alicyclic amines) is 2. The first kappa shape index (κ1) is 22.1. The van der Waals surface area contributed by atoms with Crippen molar-refractivity contribution in [3.8, 4) is 0 Å². The molecule has 2 aliphatic heterocycles. The van der Waals surface area contributed by atoms with Crippen molar-refractivity contribution in [1.29, 1.82) is 0 Å². The normalized spacial score (nSPS) is 34.9. The number of rotatable bonds is 4. The number of nitrogens with one attached hydrogen (secondary N) is 1. The molecule has 6 aliphatic rings. The first-order chi connectivity index (χ1) is 16.5. The Balaban J connectivity index is 1.07. The van der Waals surface area contributed by atoms with Crippen molar-refractivity contribution in [3.05, 3.63) is 30.1 Å². The highest BCUT2D eigenvalue weighted by atomic mass is 16.2. The van der Waals surface area contributed by atoms with Gasteiger partial charge in [-0.2, -0.15) is 0 Å². The number of carbonyl (C=O) groups is 3. The summed E-state index contributed by atoms with van der Waals surface area (Å²) in [6.45, 7) is 1.99. The van der Waals surface area contributed by atoms with Crippen molar-refractivity contribution >= 4 is 17.7 Å². The summed E-state index contributed by atoms with van der Waals surface area (Å²) in [5.74, 6) is 2.49. The monoisotopic (exact) mass is 464 g/mol. The molecule has 0 radical (unpaired) electrons. The number of pyridine rings is 1. The molecular formula is C27H36N4O3. The third-order valence-corrected chi connectivity index (χ3v) is 9.36. The molecule has 6 fully saturated rings. The Bertz CT molecular complexity index is 921. The number of hydrogen-bond donors (Lipinski definition) is 1. The van der Waals surface area contributed by atoms with Crippen LogP contribution in [0.1, 0.15) is 74.6 Å². The molecule has 4 aliphatic carbocycles. The van der Waals surface area contributed by atoms with E-state index in [1.54, 1.807) is 24.5 Å². The molecule has 1 atom stereocenters. The number of amides is 3. The van der Waals surface area contributed by atoms with Crippen LogP contribution >= 0.6 is 0 Å². The zero-order valence-electron chi connectivity index (χ0n) is 20.0. The predicted molar refractivity (Wildman–Crippen MR) is 127 cm³/mol. The van der Waals surface area contributed by atoms with Crippen molar-refractivity contribution in [2.45, 2.75) is 76.3 Å². The van der Waals surface area contributed by atoms with Gasteiger partial charge in [0.25, 0.3) is 5.91 Å². The van der Waals surface area contributed by atoms with Crippen LogP contribution < -0.4 is 5.32 Å². The Kier molecular flexibility index (Phi) is 5.61. The van der Waals surface area contributed by atoms with Crippen LogP contribution in [-0.4, -0.2) is 64.2 Å². The number of carbonyl (C=O) groups excluding carboxylic acids is 3. The smallest absolute Gasteiger partial charge is 0.253 e. The molecule has 7 heteroatoms. The molecule has 34 heavy (non-hydrogen) atoms. The molecule has 4 saturated carbocycles. The fourth-order valence-electron chi connectivity index (χ4n) is 8.16. The molecular weight excluding hydrogens is 428 g/mol. The highest BCUT2D eigenvalue weighted by Gasteiger charge is 2.57. The predicted octanol–water partition coefficient (Wildman–Crippen LogP) is 3.01. The summed E-state index contributed by atoms with van der Waals surface area (Å²) in [6, 6.07) is 3.29. The van der Waals surface area contributed by atoms with Gasteiger partial charge in [-0.05, 0) is 94.1 Å². The second-order valence-electron chi connectivity index (χ2n) is 11.7. The zero-order chi connectivity index (χ0) is 23.3. The maximum atomic E-state index is 13.9. The Hall–Kier alpha value is -2.44. The van der Waals surface area contributed by atoms with E-state index in [0.29, 0.717) is 24.6 Å². The third-order valence-electron chi connectivity index (χ3n) is 9.36. The lowest BCUT2D eigenvalue weighted by atomic mass is 9.49. The minimum absolute atomic E-state index is 0.0603. The Morgan fingerprint density at radius 3 is 2.24 bits per heavy atom. The average molecular weight is 465 g/mol. The quantitative estimate of drug-likeness (QED) is 0.743. The summed E-state index contributed by atoms with van der Waals surface area (Å²) in [7, 11) is 0. The molecule has 0 aromatic carbocycles. The molecule has 7 nitrogen and oxygen atoms in total. The molecule has 1 aromatic rings. The molecule has 1 N–H and O–H groups in total. The summed E-state index contributed by atoms with van der Waals surface area (Å²) >= 11 is 0. The van der Waals surface area contributed by atoms with E-state index in [-0.39, 0.29) is 29.3 Å². The van der Waals surface area contributed by atoms with Crippen LogP contribution in [0.15, 0.2) is 24.5 Å². The maximum absolute atomic E-state index is 13.9. The van der Waals surface area contributed by atoms with Gasteiger partial charge >= 0.3 is 0 Å². The summed E-state index contributed by atoms with van der Waals surface area (Å²) in [5, 5.41) is 3.08. The fourth-order valence-corrected chi connectivity index (χ4v) is 8.16. The summed E-state index contributed by atoms with van der Waals surface area (Å²) < 4.78 is 0. The molecule has 182 valence electrons. The van der Waals surface area contributed by atoms with Crippen molar-refractivity contribution in [2.24, 2.45) is 23.2 Å². The summed E-state index contributed by atoms with van der Waals surface area (Å²) in [5.41, 5.74) is 0.382. The number of hydrogen-bond acceptors (Lipinski definition) is 4. The summed E-state index contributed by atoms with van der Waals surface area (Å²) in [6.07, 6.45) is 13.5. The lowest BCUT2D eigenvalue weighted by Crippen LogP contribution is -2.58. The first-order valence-electron chi connectivity index (χ1n) is 13.3. The maximum Gasteiger partial charge on any atom is 0.253 e. The molecule has 3 heterocycles. The molecule has 4 bridgehead atoms. The molecule has 1 unspecified atom stereocenters. The van der Waals surface area contributed by atoms with E-state index >= 15 is 0 Å². The van der Waals surface area contributed by atoms with E-state index in [4.69, 9.17) is 0 Å². The lowest BCUT2D eigenvalue weighted by Gasteiger charge is -2.56. The SMILES string of the molecule is O=C(NC1CCN(C(=O)C2CCCN2C(=O)C23CC4CC(CC(C4)C2)C3)CC1)c1cccnc1. The third kappa shape index (κ3) is 3.91. The number of nitrogens with zero attached hydrogens (tertiary/aromatic N) is 3.